The van der Waals surface area contributed by atoms with Crippen LogP contribution in [0.3, 0.4) is 0 Å². The lowest BCUT2D eigenvalue weighted by molar-refractivity contribution is 0.119. The number of rotatable bonds is 4. The van der Waals surface area contributed by atoms with Gasteiger partial charge in [0.1, 0.15) is 9.84 Å². The van der Waals surface area contributed by atoms with Gasteiger partial charge in [-0.3, -0.25) is 0 Å². The Morgan fingerprint density at radius 3 is 2.38 bits per heavy atom. The molecule has 6 nitrogen and oxygen atoms in total. The predicted octanol–water partition coefficient (Wildman–Crippen LogP) is 0.424. The van der Waals surface area contributed by atoms with Crippen molar-refractivity contribution in [1.29, 1.82) is 0 Å². The fourth-order valence-corrected chi connectivity index (χ4v) is 7.16. The zero-order valence-corrected chi connectivity index (χ0v) is 14.0. The largest absolute Gasteiger partial charge is 0.394 e. The van der Waals surface area contributed by atoms with Gasteiger partial charge in [-0.15, -0.1) is 0 Å². The molecule has 1 heterocycles. The molecular formula is C13H25NO5S2. The topological polar surface area (TPSA) is 101 Å². The van der Waals surface area contributed by atoms with Crippen molar-refractivity contribution in [2.45, 2.75) is 56.2 Å². The van der Waals surface area contributed by atoms with Gasteiger partial charge in [-0.1, -0.05) is 19.8 Å². The van der Waals surface area contributed by atoms with Crippen LogP contribution >= 0.6 is 0 Å². The Morgan fingerprint density at radius 1 is 1.24 bits per heavy atom. The van der Waals surface area contributed by atoms with E-state index >= 15 is 0 Å². The first kappa shape index (κ1) is 17.2. The smallest absolute Gasteiger partial charge is 0.215 e. The molecule has 2 atom stereocenters. The van der Waals surface area contributed by atoms with Gasteiger partial charge < -0.3 is 5.11 Å². The van der Waals surface area contributed by atoms with Gasteiger partial charge in [-0.2, -0.15) is 0 Å². The monoisotopic (exact) mass is 339 g/mol. The Morgan fingerprint density at radius 2 is 1.86 bits per heavy atom. The molecule has 124 valence electrons. The van der Waals surface area contributed by atoms with E-state index < -0.39 is 30.6 Å². The maximum atomic E-state index is 12.5. The molecule has 2 unspecified atom stereocenters. The Balaban J connectivity index is 2.09. The minimum absolute atomic E-state index is 0.0683. The van der Waals surface area contributed by atoms with Crippen LogP contribution in [0.1, 0.15) is 45.4 Å². The van der Waals surface area contributed by atoms with Crippen LogP contribution in [0.4, 0.5) is 0 Å². The van der Waals surface area contributed by atoms with E-state index in [4.69, 9.17) is 0 Å². The number of aliphatic hydroxyl groups is 1. The molecule has 2 N–H and O–H groups in total. The fraction of sp³-hybridized carbons (Fsp3) is 1.00. The van der Waals surface area contributed by atoms with Crippen molar-refractivity contribution < 1.29 is 21.9 Å². The van der Waals surface area contributed by atoms with Crippen LogP contribution in [0, 0.1) is 5.92 Å². The number of sulfone groups is 1. The van der Waals surface area contributed by atoms with Crippen LogP contribution in [0.2, 0.25) is 0 Å². The van der Waals surface area contributed by atoms with Crippen molar-refractivity contribution in [2.24, 2.45) is 5.92 Å². The van der Waals surface area contributed by atoms with E-state index in [2.05, 4.69) is 11.6 Å². The summed E-state index contributed by atoms with van der Waals surface area (Å²) in [7, 11) is -6.68. The molecule has 1 saturated heterocycles. The van der Waals surface area contributed by atoms with E-state index in [-0.39, 0.29) is 31.0 Å². The van der Waals surface area contributed by atoms with Gasteiger partial charge in [-0.05, 0) is 31.6 Å². The van der Waals surface area contributed by atoms with Crippen LogP contribution < -0.4 is 4.72 Å². The molecule has 21 heavy (non-hydrogen) atoms. The zero-order chi connectivity index (χ0) is 15.7. The second-order valence-corrected chi connectivity index (χ2v) is 10.9. The van der Waals surface area contributed by atoms with Gasteiger partial charge in [0.05, 0.1) is 28.9 Å². The van der Waals surface area contributed by atoms with E-state index in [9.17, 15) is 21.9 Å². The maximum absolute atomic E-state index is 12.5. The molecule has 1 aliphatic carbocycles. The van der Waals surface area contributed by atoms with E-state index in [0.29, 0.717) is 18.8 Å². The van der Waals surface area contributed by atoms with Gasteiger partial charge >= 0.3 is 0 Å². The number of hydrogen-bond acceptors (Lipinski definition) is 5. The Bertz CT molecular complexity index is 557. The van der Waals surface area contributed by atoms with Crippen LogP contribution in [-0.2, 0) is 19.9 Å². The number of sulfonamides is 1. The van der Waals surface area contributed by atoms with Gasteiger partial charge in [0.15, 0.2) is 0 Å². The third-order valence-electron chi connectivity index (χ3n) is 4.69. The van der Waals surface area contributed by atoms with E-state index in [0.717, 1.165) is 12.8 Å². The zero-order valence-electron chi connectivity index (χ0n) is 12.4. The predicted molar refractivity (Wildman–Crippen MR) is 81.2 cm³/mol. The minimum Gasteiger partial charge on any atom is -0.394 e. The number of hydrogen-bond donors (Lipinski definition) is 2. The normalized spacial score (nSPS) is 34.7. The minimum atomic E-state index is -3.60. The standard InChI is InChI=1S/C13H25NO5S2/c1-11-3-2-6-13(9-11,10-15)14-21(18,19)12-4-7-20(16,17)8-5-12/h11-12,14-15H,2-10H2,1H3. The molecule has 2 aliphatic rings. The van der Waals surface area contributed by atoms with Crippen molar-refractivity contribution >= 4 is 19.9 Å². The average Bonchev–Trinajstić information content (AvgIpc) is 2.37. The van der Waals surface area contributed by atoms with Crippen LogP contribution in [0.15, 0.2) is 0 Å². The van der Waals surface area contributed by atoms with Gasteiger partial charge in [0.2, 0.25) is 10.0 Å². The van der Waals surface area contributed by atoms with Crippen LogP contribution in [0.25, 0.3) is 0 Å². The second-order valence-electron chi connectivity index (χ2n) is 6.64. The summed E-state index contributed by atoms with van der Waals surface area (Å²) >= 11 is 0. The van der Waals surface area contributed by atoms with Gasteiger partial charge in [-0.25, -0.2) is 21.6 Å². The van der Waals surface area contributed by atoms with Crippen molar-refractivity contribution in [1.82, 2.24) is 4.72 Å². The lowest BCUT2D eigenvalue weighted by Crippen LogP contribution is -2.56. The highest BCUT2D eigenvalue weighted by Crippen LogP contribution is 2.33. The highest BCUT2D eigenvalue weighted by Gasteiger charge is 2.41. The third kappa shape index (κ3) is 4.18. The molecule has 1 aliphatic heterocycles. The summed E-state index contributed by atoms with van der Waals surface area (Å²) in [6.07, 6.45) is 3.50. The van der Waals surface area contributed by atoms with E-state index in [1.165, 1.54) is 0 Å². The summed E-state index contributed by atoms with van der Waals surface area (Å²) in [6.45, 7) is 1.85. The first-order valence-corrected chi connectivity index (χ1v) is 10.9. The van der Waals surface area contributed by atoms with Crippen molar-refractivity contribution in [3.63, 3.8) is 0 Å². The molecule has 2 rings (SSSR count). The summed E-state index contributed by atoms with van der Waals surface area (Å²) in [6, 6.07) is 0. The molecule has 8 heteroatoms. The molecule has 0 spiro atoms. The van der Waals surface area contributed by atoms with E-state index in [1.807, 2.05) is 0 Å². The molecule has 1 saturated carbocycles. The molecule has 0 aromatic carbocycles. The molecule has 0 aromatic rings. The summed E-state index contributed by atoms with van der Waals surface area (Å²) in [5, 5.41) is 9.02. The Kier molecular flexibility index (Phi) is 5.02. The lowest BCUT2D eigenvalue weighted by Gasteiger charge is -2.40. The Hall–Kier alpha value is -0.180. The summed E-state index contributed by atoms with van der Waals surface area (Å²) < 4.78 is 50.6. The van der Waals surface area contributed by atoms with Crippen molar-refractivity contribution in [3.05, 3.63) is 0 Å². The van der Waals surface area contributed by atoms with Crippen LogP contribution in [0.5, 0.6) is 0 Å². The molecule has 2 fully saturated rings. The second kappa shape index (κ2) is 6.14. The summed E-state index contributed by atoms with van der Waals surface area (Å²) in [5.41, 5.74) is -0.771. The quantitative estimate of drug-likeness (QED) is 0.773. The van der Waals surface area contributed by atoms with Gasteiger partial charge in [0, 0.05) is 0 Å². The lowest BCUT2D eigenvalue weighted by atomic mass is 9.78. The van der Waals surface area contributed by atoms with Crippen molar-refractivity contribution in [2.75, 3.05) is 18.1 Å². The molecule has 0 bridgehead atoms. The average molecular weight is 339 g/mol. The summed E-state index contributed by atoms with van der Waals surface area (Å²) in [4.78, 5) is 0. The van der Waals surface area contributed by atoms with Gasteiger partial charge in [0.25, 0.3) is 0 Å². The highest BCUT2D eigenvalue weighted by molar-refractivity contribution is 7.92. The number of aliphatic hydroxyl groups excluding tert-OH is 1. The molecule has 0 radical (unpaired) electrons. The molecule has 0 aromatic heterocycles. The molecular weight excluding hydrogens is 314 g/mol. The third-order valence-corrected chi connectivity index (χ3v) is 8.48. The number of nitrogens with one attached hydrogen (secondary N) is 1. The fourth-order valence-electron chi connectivity index (χ4n) is 3.49. The first-order chi connectivity index (χ1) is 9.68. The first-order valence-electron chi connectivity index (χ1n) is 7.52. The maximum Gasteiger partial charge on any atom is 0.215 e. The molecule has 0 amide bonds. The van der Waals surface area contributed by atoms with Crippen molar-refractivity contribution in [3.8, 4) is 0 Å². The van der Waals surface area contributed by atoms with E-state index in [1.54, 1.807) is 0 Å². The SMILES string of the molecule is CC1CCCC(CO)(NS(=O)(=O)C2CCS(=O)(=O)CC2)C1. The summed E-state index contributed by atoms with van der Waals surface area (Å²) in [5.74, 6) is 0.239. The van der Waals surface area contributed by atoms with Crippen LogP contribution in [-0.4, -0.2) is 50.8 Å². The highest BCUT2D eigenvalue weighted by atomic mass is 32.2. The Labute approximate surface area is 127 Å².